The molecule has 1 unspecified atom stereocenters. The fraction of sp³-hybridized carbons (Fsp3) is 0.846. The van der Waals surface area contributed by atoms with Gasteiger partial charge in [0, 0.05) is 12.2 Å². The van der Waals surface area contributed by atoms with Gasteiger partial charge in [-0.15, -0.1) is 0 Å². The minimum Gasteiger partial charge on any atom is -0.222 e. The van der Waals surface area contributed by atoms with E-state index in [1.54, 1.807) is 0 Å². The molecule has 0 aromatic carbocycles. The molecule has 0 aromatic rings. The highest BCUT2D eigenvalue weighted by Gasteiger charge is 2.87. The predicted octanol–water partition coefficient (Wildman–Crippen LogP) is 6.76. The van der Waals surface area contributed by atoms with Gasteiger partial charge in [-0.25, -0.2) is 4.39 Å². The van der Waals surface area contributed by atoms with Gasteiger partial charge >= 0.3 is 35.1 Å². The Morgan fingerprint density at radius 2 is 1.16 bits per heavy atom. The molecule has 0 heterocycles. The molecule has 180 valence electrons. The zero-order valence-corrected chi connectivity index (χ0v) is 15.7. The number of hydrogen-bond acceptors (Lipinski definition) is 3. The van der Waals surface area contributed by atoms with Gasteiger partial charge in [0.25, 0.3) is 0 Å². The first-order valence-corrected chi connectivity index (χ1v) is 8.60. The first-order chi connectivity index (χ1) is 13.5. The maximum absolute atomic E-state index is 13.8. The molecule has 31 heavy (non-hydrogen) atoms. The van der Waals surface area contributed by atoms with E-state index in [2.05, 4.69) is 11.6 Å². The summed E-state index contributed by atoms with van der Waals surface area (Å²) in [6, 6.07) is 1.23. The maximum Gasteiger partial charge on any atom is 0.460 e. The molecule has 0 aromatic heterocycles. The minimum absolute atomic E-state index is 0.615. The van der Waals surface area contributed by atoms with Crippen LogP contribution in [0.1, 0.15) is 12.8 Å². The Bertz CT molecular complexity index is 707. The lowest BCUT2D eigenvalue weighted by Gasteiger charge is -2.38. The molecule has 1 atom stereocenters. The largest absolute Gasteiger partial charge is 0.460 e. The van der Waals surface area contributed by atoms with Crippen LogP contribution in [0.25, 0.3) is 0 Å². The molecule has 0 spiro atoms. The molecule has 0 rings (SSSR count). The van der Waals surface area contributed by atoms with Crippen LogP contribution in [-0.2, 0) is 0 Å². The molecule has 0 N–H and O–H groups in total. The average molecular weight is 525 g/mol. The van der Waals surface area contributed by atoms with Gasteiger partial charge in [0.15, 0.2) is 5.41 Å². The summed E-state index contributed by atoms with van der Waals surface area (Å²) in [4.78, 5) is 0. The highest BCUT2D eigenvalue weighted by molar-refractivity contribution is 8.00. The number of hydrogen-bond donors (Lipinski definition) is 0. The van der Waals surface area contributed by atoms with Gasteiger partial charge in [-0.3, -0.25) is 0 Å². The van der Waals surface area contributed by atoms with Gasteiger partial charge in [-0.1, -0.05) is 23.4 Å². The molecule has 0 aliphatic heterocycles. The first-order valence-electron chi connectivity index (χ1n) is 7.18. The highest BCUT2D eigenvalue weighted by Crippen LogP contribution is 2.59. The third kappa shape index (κ3) is 5.53. The van der Waals surface area contributed by atoms with Crippen LogP contribution < -0.4 is 0 Å². The molecular formula is C13H7ClF14N2S. The monoisotopic (exact) mass is 524 g/mol. The Hall–Kier alpha value is -1.36. The summed E-state index contributed by atoms with van der Waals surface area (Å²) < 4.78 is 181. The molecule has 0 fully saturated rings. The van der Waals surface area contributed by atoms with E-state index in [1.807, 2.05) is 0 Å². The van der Waals surface area contributed by atoms with Gasteiger partial charge in [0.2, 0.25) is 5.63 Å². The number of thioether (sulfide) groups is 1. The SMILES string of the molecule is N#CC(C#N)(CCSC(F)(F)C(F)Cl)CC(F)(F)C(F)(F)C(F)(F)C(F)(F)C(F)(F)F. The number of rotatable bonds is 10. The van der Waals surface area contributed by atoms with E-state index in [0.717, 1.165) is 0 Å². The summed E-state index contributed by atoms with van der Waals surface area (Å²) >= 11 is 3.65. The topological polar surface area (TPSA) is 47.6 Å². The summed E-state index contributed by atoms with van der Waals surface area (Å²) in [5, 5.41) is 13.1. The predicted molar refractivity (Wildman–Crippen MR) is 76.9 cm³/mol. The number of nitrogens with zero attached hydrogens (tertiary/aromatic N) is 2. The standard InChI is InChI=1S/C13H7ClF14N2S/c14-6(15)9(18,19)31-2-1-7(4-29,5-30)3-8(16,17)10(20,21)11(22,23)12(24,25)13(26,27)28/h6H,1-3H2. The Kier molecular flexibility index (Phi) is 8.49. The molecule has 0 saturated carbocycles. The van der Waals surface area contributed by atoms with Crippen molar-refractivity contribution in [2.24, 2.45) is 5.41 Å². The second kappa shape index (κ2) is 8.88. The number of nitriles is 2. The van der Waals surface area contributed by atoms with E-state index in [9.17, 15) is 61.5 Å². The van der Waals surface area contributed by atoms with Crippen LogP contribution in [0.5, 0.6) is 0 Å². The zero-order chi connectivity index (χ0) is 25.3. The van der Waals surface area contributed by atoms with E-state index in [0.29, 0.717) is 12.1 Å². The average Bonchev–Trinajstić information content (AvgIpc) is 2.58. The zero-order valence-electron chi connectivity index (χ0n) is 14.2. The fourth-order valence-electron chi connectivity index (χ4n) is 1.82. The quantitative estimate of drug-likeness (QED) is 0.234. The minimum atomic E-state index is -7.75. The van der Waals surface area contributed by atoms with E-state index in [1.165, 1.54) is 0 Å². The van der Waals surface area contributed by atoms with Crippen molar-refractivity contribution in [2.75, 3.05) is 5.75 Å². The van der Waals surface area contributed by atoms with Gasteiger partial charge in [-0.2, -0.15) is 67.6 Å². The molecule has 18 heteroatoms. The van der Waals surface area contributed by atoms with Crippen molar-refractivity contribution in [1.29, 1.82) is 10.5 Å². The second-order valence-electron chi connectivity index (χ2n) is 5.87. The second-order valence-corrected chi connectivity index (χ2v) is 7.49. The van der Waals surface area contributed by atoms with Crippen molar-refractivity contribution in [3.63, 3.8) is 0 Å². The lowest BCUT2D eigenvalue weighted by molar-refractivity contribution is -0.423. The first kappa shape index (κ1) is 29.6. The van der Waals surface area contributed by atoms with Gasteiger partial charge in [-0.05, 0) is 6.42 Å². The molecule has 2 nitrogen and oxygen atoms in total. The van der Waals surface area contributed by atoms with E-state index in [-0.39, 0.29) is 0 Å². The maximum atomic E-state index is 13.8. The summed E-state index contributed by atoms with van der Waals surface area (Å²) in [5.41, 5.74) is -6.91. The Balaban J connectivity index is 5.98. The summed E-state index contributed by atoms with van der Waals surface area (Å²) in [6.45, 7) is 0. The summed E-state index contributed by atoms with van der Waals surface area (Å²) in [5.74, 6) is -30.8. The van der Waals surface area contributed by atoms with Crippen LogP contribution in [0.3, 0.4) is 0 Å². The van der Waals surface area contributed by atoms with E-state index < -0.39 is 76.5 Å². The number of alkyl halides is 15. The van der Waals surface area contributed by atoms with Crippen LogP contribution >= 0.6 is 23.4 Å². The summed E-state index contributed by atoms with van der Waals surface area (Å²) in [7, 11) is 0. The van der Waals surface area contributed by atoms with Crippen molar-refractivity contribution in [3.05, 3.63) is 0 Å². The van der Waals surface area contributed by atoms with Crippen LogP contribution in [0.2, 0.25) is 0 Å². The lowest BCUT2D eigenvalue weighted by Crippen LogP contribution is -2.66. The molecule has 0 aliphatic carbocycles. The smallest absolute Gasteiger partial charge is 0.222 e. The molecule has 0 bridgehead atoms. The third-order valence-electron chi connectivity index (χ3n) is 3.63. The number of halogens is 15. The Morgan fingerprint density at radius 3 is 1.48 bits per heavy atom. The molecular weight excluding hydrogens is 518 g/mol. The third-order valence-corrected chi connectivity index (χ3v) is 5.04. The van der Waals surface area contributed by atoms with Gasteiger partial charge < -0.3 is 0 Å². The van der Waals surface area contributed by atoms with Crippen molar-refractivity contribution >= 4 is 23.4 Å². The van der Waals surface area contributed by atoms with Crippen molar-refractivity contribution < 1.29 is 61.5 Å². The lowest BCUT2D eigenvalue weighted by atomic mass is 9.79. The fourth-order valence-corrected chi connectivity index (χ4v) is 2.86. The van der Waals surface area contributed by atoms with E-state index >= 15 is 0 Å². The van der Waals surface area contributed by atoms with Crippen LogP contribution in [0.4, 0.5) is 61.5 Å². The molecule has 0 amide bonds. The molecule has 0 saturated heterocycles. The van der Waals surface area contributed by atoms with Crippen molar-refractivity contribution in [2.45, 2.75) is 53.6 Å². The Morgan fingerprint density at radius 1 is 0.742 bits per heavy atom. The van der Waals surface area contributed by atoms with Crippen molar-refractivity contribution in [3.8, 4) is 12.1 Å². The van der Waals surface area contributed by atoms with Gasteiger partial charge in [0.05, 0.1) is 12.1 Å². The van der Waals surface area contributed by atoms with Crippen molar-refractivity contribution in [1.82, 2.24) is 0 Å². The van der Waals surface area contributed by atoms with Crippen LogP contribution in [-0.4, -0.2) is 46.5 Å². The molecule has 0 radical (unpaired) electrons. The van der Waals surface area contributed by atoms with E-state index in [4.69, 9.17) is 10.5 Å². The van der Waals surface area contributed by atoms with Crippen LogP contribution in [0.15, 0.2) is 0 Å². The van der Waals surface area contributed by atoms with Crippen LogP contribution in [0, 0.1) is 28.1 Å². The Labute approximate surface area is 173 Å². The van der Waals surface area contributed by atoms with Gasteiger partial charge in [0.1, 0.15) is 0 Å². The molecule has 0 aliphatic rings. The summed E-state index contributed by atoms with van der Waals surface area (Å²) in [6.07, 6.45) is -12.0. The normalized spacial score (nSPS) is 15.9. The highest BCUT2D eigenvalue weighted by atomic mass is 35.5.